The highest BCUT2D eigenvalue weighted by Gasteiger charge is 2.29. The number of hydrogen-bond acceptors (Lipinski definition) is 8. The summed E-state index contributed by atoms with van der Waals surface area (Å²) in [4.78, 5) is 85.4. The zero-order chi connectivity index (χ0) is 32.6. The van der Waals surface area contributed by atoms with E-state index < -0.39 is 30.3 Å². The van der Waals surface area contributed by atoms with Gasteiger partial charge in [0.15, 0.2) is 7.15 Å². The summed E-state index contributed by atoms with van der Waals surface area (Å²) in [6, 6.07) is 4.95. The Morgan fingerprint density at radius 2 is 1.70 bits per heavy atom. The Labute approximate surface area is 252 Å². The second kappa shape index (κ2) is 18.1. The molecule has 43 heavy (non-hydrogen) atoms. The zero-order valence-electron chi connectivity index (χ0n) is 25.6. The molecule has 1 aliphatic heterocycles. The van der Waals surface area contributed by atoms with Crippen LogP contribution in [0.1, 0.15) is 65.7 Å². The molecule has 1 aromatic rings. The van der Waals surface area contributed by atoms with Gasteiger partial charge in [0.05, 0.1) is 6.04 Å². The van der Waals surface area contributed by atoms with Crippen molar-refractivity contribution >= 4 is 47.6 Å². The predicted molar refractivity (Wildman–Crippen MR) is 157 cm³/mol. The molecule has 0 spiro atoms. The van der Waals surface area contributed by atoms with E-state index in [0.717, 1.165) is 4.90 Å². The van der Waals surface area contributed by atoms with Crippen LogP contribution in [0.4, 0.5) is 10.5 Å². The topological polar surface area (TPSA) is 194 Å². The van der Waals surface area contributed by atoms with Crippen molar-refractivity contribution in [3.05, 3.63) is 42.0 Å². The van der Waals surface area contributed by atoms with Crippen molar-refractivity contribution in [3.63, 3.8) is 0 Å². The number of nitrogens with one attached hydrogen (secondary N) is 3. The predicted octanol–water partition coefficient (Wildman–Crippen LogP) is 1.95. The van der Waals surface area contributed by atoms with Crippen molar-refractivity contribution in [2.75, 3.05) is 18.4 Å². The number of carbonyl (C=O) groups excluding carboxylic acids is 7. The van der Waals surface area contributed by atoms with E-state index >= 15 is 0 Å². The number of imide groups is 1. The Morgan fingerprint density at radius 1 is 1.02 bits per heavy atom. The maximum absolute atomic E-state index is 13.4. The molecule has 6 amide bonds. The second-order valence-corrected chi connectivity index (χ2v) is 10.6. The van der Waals surface area contributed by atoms with Gasteiger partial charge in [-0.05, 0) is 49.3 Å². The van der Waals surface area contributed by atoms with Gasteiger partial charge < -0.3 is 26.4 Å². The lowest BCUT2D eigenvalue weighted by molar-refractivity contribution is -0.137. The third-order valence-corrected chi connectivity index (χ3v) is 6.88. The van der Waals surface area contributed by atoms with Gasteiger partial charge in [0.25, 0.3) is 18.3 Å². The van der Waals surface area contributed by atoms with E-state index in [9.17, 15) is 33.6 Å². The molecule has 234 valence electrons. The SMILES string of the molecule is [2H]C(=O)OCc1ccc(NC(=O)[C@H](CCCNC(N)=O)CC(=O)[C@@H](NC(=O)CCCCCN2C(=O)C=CC2=O)C(C)C)cc1. The summed E-state index contributed by atoms with van der Waals surface area (Å²) in [5.74, 6) is -2.71. The first-order chi connectivity index (χ1) is 20.9. The Morgan fingerprint density at radius 3 is 2.30 bits per heavy atom. The number of urea groups is 1. The number of nitrogens with two attached hydrogens (primary N) is 1. The molecule has 1 heterocycles. The van der Waals surface area contributed by atoms with Crippen molar-refractivity contribution in [3.8, 4) is 0 Å². The molecule has 2 rings (SSSR count). The van der Waals surface area contributed by atoms with Crippen LogP contribution in [0.2, 0.25) is 0 Å². The number of ketones is 1. The molecule has 0 aromatic heterocycles. The van der Waals surface area contributed by atoms with E-state index in [4.69, 9.17) is 7.10 Å². The first-order valence-corrected chi connectivity index (χ1v) is 14.3. The highest BCUT2D eigenvalue weighted by atomic mass is 16.5. The maximum atomic E-state index is 13.4. The van der Waals surface area contributed by atoms with Gasteiger partial charge in [0.2, 0.25) is 11.8 Å². The molecule has 0 bridgehead atoms. The van der Waals surface area contributed by atoms with Crippen molar-refractivity contribution in [2.45, 2.75) is 71.4 Å². The smallest absolute Gasteiger partial charge is 0.312 e. The second-order valence-electron chi connectivity index (χ2n) is 10.6. The number of benzene rings is 1. The summed E-state index contributed by atoms with van der Waals surface area (Å²) in [5, 5.41) is 8.03. The quantitative estimate of drug-likeness (QED) is 0.105. The van der Waals surface area contributed by atoms with E-state index in [1.54, 1.807) is 38.1 Å². The number of Topliss-reactive ketones (excluding diaryl/α,β-unsaturated/α-hetero) is 1. The molecule has 0 saturated carbocycles. The number of rotatable bonds is 19. The van der Waals surface area contributed by atoms with Gasteiger partial charge in [-0.3, -0.25) is 33.7 Å². The van der Waals surface area contributed by atoms with Gasteiger partial charge in [0.1, 0.15) is 6.61 Å². The molecule has 0 unspecified atom stereocenters. The number of unbranched alkanes of at least 4 members (excludes halogenated alkanes) is 2. The normalized spacial score (nSPS) is 14.2. The molecule has 5 N–H and O–H groups in total. The molecule has 0 aliphatic carbocycles. The van der Waals surface area contributed by atoms with E-state index in [0.29, 0.717) is 36.9 Å². The summed E-state index contributed by atoms with van der Waals surface area (Å²) in [7, 11) is 0. The zero-order valence-corrected chi connectivity index (χ0v) is 24.6. The van der Waals surface area contributed by atoms with Gasteiger partial charge in [-0.15, -0.1) is 0 Å². The largest absolute Gasteiger partial charge is 0.463 e. The van der Waals surface area contributed by atoms with Gasteiger partial charge in [-0.2, -0.15) is 0 Å². The fourth-order valence-corrected chi connectivity index (χ4v) is 4.55. The van der Waals surface area contributed by atoms with Crippen LogP contribution in [-0.4, -0.2) is 65.9 Å². The molecule has 13 heteroatoms. The average Bonchev–Trinajstić information content (AvgIpc) is 3.28. The monoisotopic (exact) mass is 600 g/mol. The lowest BCUT2D eigenvalue weighted by Gasteiger charge is -2.24. The Balaban J connectivity index is 1.94. The number of ether oxygens (including phenoxy) is 1. The minimum absolute atomic E-state index is 0.0821. The molecular formula is C30H41N5O8. The van der Waals surface area contributed by atoms with E-state index in [-0.39, 0.29) is 68.4 Å². The fourth-order valence-electron chi connectivity index (χ4n) is 4.55. The molecule has 0 saturated heterocycles. The van der Waals surface area contributed by atoms with Crippen LogP contribution in [0.15, 0.2) is 36.4 Å². The molecule has 0 fully saturated rings. The number of carbonyl (C=O) groups is 7. The summed E-state index contributed by atoms with van der Waals surface area (Å²) in [6.07, 6.45) is 3.66. The Kier molecular flexibility index (Phi) is 13.9. The summed E-state index contributed by atoms with van der Waals surface area (Å²) in [6.45, 7) is 4.01. The minimum Gasteiger partial charge on any atom is -0.463 e. The van der Waals surface area contributed by atoms with Crippen LogP contribution < -0.4 is 21.7 Å². The van der Waals surface area contributed by atoms with Crippen LogP contribution in [0.3, 0.4) is 0 Å². The van der Waals surface area contributed by atoms with Crippen LogP contribution in [-0.2, 0) is 40.1 Å². The summed E-state index contributed by atoms with van der Waals surface area (Å²) < 4.78 is 11.5. The standard InChI is InChI=1S/C30H41N5O8/c1-20(2)28(34-25(38)8-4-3-5-16-35-26(39)13-14-27(35)40)24(37)17-22(7-6-15-32-30(31)42)29(41)33-23-11-9-21(10-12-23)18-43-19-36/h9-14,19-20,22,28H,3-8,15-18H2,1-2H3,(H,33,41)(H,34,38)(H3,31,32,42)/t22-,28+/m1/s1/i19D. The maximum Gasteiger partial charge on any atom is 0.312 e. The molecule has 2 atom stereocenters. The van der Waals surface area contributed by atoms with Crippen LogP contribution in [0.25, 0.3) is 0 Å². The molecule has 0 radical (unpaired) electrons. The van der Waals surface area contributed by atoms with E-state index in [1.165, 1.54) is 12.2 Å². The Bertz CT molecular complexity index is 1220. The van der Waals surface area contributed by atoms with E-state index in [2.05, 4.69) is 20.7 Å². The number of nitrogens with zero attached hydrogens (tertiary/aromatic N) is 1. The first kappa shape index (κ1) is 33.0. The van der Waals surface area contributed by atoms with Crippen LogP contribution in [0.5, 0.6) is 0 Å². The molecule has 1 aromatic carbocycles. The van der Waals surface area contributed by atoms with Gasteiger partial charge in [-0.25, -0.2) is 4.79 Å². The summed E-state index contributed by atoms with van der Waals surface area (Å²) in [5.41, 5.74) is 6.19. The first-order valence-electron chi connectivity index (χ1n) is 14.8. The van der Waals surface area contributed by atoms with Gasteiger partial charge in [-0.1, -0.05) is 32.4 Å². The molecule has 13 nitrogen and oxygen atoms in total. The van der Waals surface area contributed by atoms with Gasteiger partial charge in [0, 0.05) is 49.7 Å². The van der Waals surface area contributed by atoms with Crippen molar-refractivity contribution < 1.29 is 39.7 Å². The number of hydrogen-bond donors (Lipinski definition) is 4. The van der Waals surface area contributed by atoms with Crippen molar-refractivity contribution in [1.29, 1.82) is 0 Å². The third kappa shape index (κ3) is 12.5. The summed E-state index contributed by atoms with van der Waals surface area (Å²) >= 11 is 0. The third-order valence-electron chi connectivity index (χ3n) is 6.88. The van der Waals surface area contributed by atoms with Crippen LogP contribution >= 0.6 is 0 Å². The number of primary amides is 1. The average molecular weight is 601 g/mol. The molecule has 1 aliphatic rings. The minimum atomic E-state index is -1.15. The highest BCUT2D eigenvalue weighted by Crippen LogP contribution is 2.20. The fraction of sp³-hybridized carbons (Fsp3) is 0.500. The Hall–Kier alpha value is -4.55. The van der Waals surface area contributed by atoms with Crippen molar-refractivity contribution in [2.24, 2.45) is 17.6 Å². The number of amides is 6. The van der Waals surface area contributed by atoms with Crippen LogP contribution in [0, 0.1) is 11.8 Å². The highest BCUT2D eigenvalue weighted by molar-refractivity contribution is 6.12. The lowest BCUT2D eigenvalue weighted by Crippen LogP contribution is -2.45. The van der Waals surface area contributed by atoms with Crippen molar-refractivity contribution in [1.82, 2.24) is 15.5 Å². The van der Waals surface area contributed by atoms with E-state index in [1.807, 2.05) is 0 Å². The van der Waals surface area contributed by atoms with Gasteiger partial charge >= 0.3 is 6.03 Å². The lowest BCUT2D eigenvalue weighted by atomic mass is 9.89. The number of anilines is 1. The molecular weight excluding hydrogens is 558 g/mol.